The van der Waals surface area contributed by atoms with E-state index in [1.807, 2.05) is 11.9 Å². The zero-order chi connectivity index (χ0) is 14.9. The van der Waals surface area contributed by atoms with Crippen LogP contribution in [0.5, 0.6) is 0 Å². The first-order chi connectivity index (χ1) is 9.34. The lowest BCUT2D eigenvalue weighted by molar-refractivity contribution is 0.189. The lowest BCUT2D eigenvalue weighted by atomic mass is 10.0. The molecule has 0 aromatic heterocycles. The van der Waals surface area contributed by atoms with Crippen LogP contribution in [0.25, 0.3) is 0 Å². The maximum Gasteiger partial charge on any atom is 0.151 e. The van der Waals surface area contributed by atoms with Crippen LogP contribution in [0.15, 0.2) is 22.7 Å². The normalized spacial score (nSPS) is 23.1. The van der Waals surface area contributed by atoms with Gasteiger partial charge in [-0.3, -0.25) is 4.90 Å². The molecule has 2 N–H and O–H groups in total. The Morgan fingerprint density at radius 2 is 2.25 bits per heavy atom. The third-order valence-corrected chi connectivity index (χ3v) is 6.06. The van der Waals surface area contributed by atoms with Crippen molar-refractivity contribution < 1.29 is 12.8 Å². The molecular formula is C13H18BrFN2O2S. The molecule has 0 amide bonds. The van der Waals surface area contributed by atoms with Gasteiger partial charge in [0.1, 0.15) is 5.82 Å². The summed E-state index contributed by atoms with van der Waals surface area (Å²) in [4.78, 5) is 1.88. The molecular weight excluding hydrogens is 347 g/mol. The molecule has 112 valence electrons. The first-order valence-corrected chi connectivity index (χ1v) is 9.03. The highest BCUT2D eigenvalue weighted by atomic mass is 79.9. The van der Waals surface area contributed by atoms with Crippen LogP contribution >= 0.6 is 15.9 Å². The van der Waals surface area contributed by atoms with Crippen molar-refractivity contribution in [1.29, 1.82) is 0 Å². The first kappa shape index (κ1) is 15.9. The summed E-state index contributed by atoms with van der Waals surface area (Å²) in [5, 5.41) is 0. The Morgan fingerprint density at radius 3 is 2.80 bits per heavy atom. The zero-order valence-corrected chi connectivity index (χ0v) is 13.6. The van der Waals surface area contributed by atoms with E-state index in [0.29, 0.717) is 12.0 Å². The monoisotopic (exact) mass is 364 g/mol. The molecule has 20 heavy (non-hydrogen) atoms. The number of rotatable bonds is 4. The molecule has 0 spiro atoms. The Balaban J connectivity index is 2.26. The van der Waals surface area contributed by atoms with Crippen LogP contribution in [-0.4, -0.2) is 44.5 Å². The van der Waals surface area contributed by atoms with Crippen LogP contribution in [-0.2, 0) is 9.84 Å². The number of hydrogen-bond acceptors (Lipinski definition) is 4. The van der Waals surface area contributed by atoms with Crippen molar-refractivity contribution in [2.45, 2.75) is 18.5 Å². The van der Waals surface area contributed by atoms with E-state index in [2.05, 4.69) is 15.9 Å². The Bertz CT molecular complexity index is 594. The minimum atomic E-state index is -2.97. The van der Waals surface area contributed by atoms with E-state index in [0.717, 1.165) is 4.47 Å². The quantitative estimate of drug-likeness (QED) is 0.883. The second kappa shape index (κ2) is 6.09. The van der Waals surface area contributed by atoms with Crippen LogP contribution < -0.4 is 5.73 Å². The fraction of sp³-hybridized carbons (Fsp3) is 0.538. The molecule has 2 atom stereocenters. The van der Waals surface area contributed by atoms with E-state index in [1.165, 1.54) is 6.07 Å². The molecule has 0 radical (unpaired) electrons. The average Bonchev–Trinajstić information content (AvgIpc) is 2.75. The van der Waals surface area contributed by atoms with E-state index in [1.54, 1.807) is 12.1 Å². The average molecular weight is 365 g/mol. The molecule has 1 aromatic carbocycles. The molecule has 1 heterocycles. The summed E-state index contributed by atoms with van der Waals surface area (Å²) in [5.74, 6) is -0.00746. The highest BCUT2D eigenvalue weighted by Gasteiger charge is 2.34. The molecule has 0 aliphatic carbocycles. The number of nitrogens with zero attached hydrogens (tertiary/aromatic N) is 1. The first-order valence-electron chi connectivity index (χ1n) is 6.41. The van der Waals surface area contributed by atoms with Gasteiger partial charge in [0.25, 0.3) is 0 Å². The Labute approximate surface area is 127 Å². The van der Waals surface area contributed by atoms with Crippen LogP contribution in [0.2, 0.25) is 0 Å². The van der Waals surface area contributed by atoms with Gasteiger partial charge in [0.2, 0.25) is 0 Å². The molecule has 1 aliphatic heterocycles. The Morgan fingerprint density at radius 1 is 1.55 bits per heavy atom. The van der Waals surface area contributed by atoms with Gasteiger partial charge in [-0.2, -0.15) is 0 Å². The lowest BCUT2D eigenvalue weighted by Crippen LogP contribution is -2.39. The molecule has 0 saturated carbocycles. The van der Waals surface area contributed by atoms with E-state index in [4.69, 9.17) is 5.73 Å². The zero-order valence-electron chi connectivity index (χ0n) is 11.2. The summed E-state index contributed by atoms with van der Waals surface area (Å²) >= 11 is 3.32. The van der Waals surface area contributed by atoms with Crippen LogP contribution in [0.4, 0.5) is 4.39 Å². The van der Waals surface area contributed by atoms with E-state index in [-0.39, 0.29) is 36.0 Å². The lowest BCUT2D eigenvalue weighted by Gasteiger charge is -2.32. The van der Waals surface area contributed by atoms with Gasteiger partial charge in [-0.05, 0) is 31.7 Å². The number of sulfone groups is 1. The molecule has 0 bridgehead atoms. The summed E-state index contributed by atoms with van der Waals surface area (Å²) in [6.07, 6.45) is 0.574. The van der Waals surface area contributed by atoms with Gasteiger partial charge in [0.05, 0.1) is 11.5 Å². The van der Waals surface area contributed by atoms with Crippen LogP contribution in [0.1, 0.15) is 18.0 Å². The van der Waals surface area contributed by atoms with Gasteiger partial charge in [-0.15, -0.1) is 0 Å². The fourth-order valence-electron chi connectivity index (χ4n) is 2.63. The molecule has 2 unspecified atom stereocenters. The van der Waals surface area contributed by atoms with E-state index >= 15 is 0 Å². The number of hydrogen-bond donors (Lipinski definition) is 1. The maximum atomic E-state index is 14.0. The highest BCUT2D eigenvalue weighted by molar-refractivity contribution is 9.10. The van der Waals surface area contributed by atoms with Gasteiger partial charge < -0.3 is 5.73 Å². The van der Waals surface area contributed by atoms with Gasteiger partial charge in [-0.25, -0.2) is 12.8 Å². The summed E-state index contributed by atoms with van der Waals surface area (Å²) in [6.45, 7) is 0.237. The van der Waals surface area contributed by atoms with Crippen molar-refractivity contribution in [2.75, 3.05) is 25.1 Å². The maximum absolute atomic E-state index is 14.0. The van der Waals surface area contributed by atoms with Gasteiger partial charge in [-0.1, -0.05) is 15.9 Å². The number of nitrogens with two attached hydrogens (primary N) is 1. The molecule has 4 nitrogen and oxygen atoms in total. The topological polar surface area (TPSA) is 63.4 Å². The molecule has 1 saturated heterocycles. The van der Waals surface area contributed by atoms with Gasteiger partial charge in [0.15, 0.2) is 9.84 Å². The summed E-state index contributed by atoms with van der Waals surface area (Å²) < 4.78 is 37.9. The minimum absolute atomic E-state index is 0.105. The summed E-state index contributed by atoms with van der Waals surface area (Å²) in [6, 6.07) is 4.29. The minimum Gasteiger partial charge on any atom is -0.329 e. The standard InChI is InChI=1S/C13H18BrFN2O2S/c1-17(10-4-5-20(18,19)8-10)13(7-16)11-6-9(14)2-3-12(11)15/h2-3,6,10,13H,4-5,7-8,16H2,1H3. The number of benzene rings is 1. The Kier molecular flexibility index (Phi) is 4.84. The van der Waals surface area contributed by atoms with Crippen molar-refractivity contribution in [2.24, 2.45) is 5.73 Å². The fourth-order valence-corrected chi connectivity index (χ4v) is 4.80. The third-order valence-electron chi connectivity index (χ3n) is 3.82. The predicted octanol–water partition coefficient (Wildman–Crippen LogP) is 1.71. The number of likely N-dealkylation sites (N-methyl/N-ethyl adjacent to an activating group) is 1. The summed E-state index contributed by atoms with van der Waals surface area (Å²) in [5.41, 5.74) is 6.28. The van der Waals surface area contributed by atoms with Gasteiger partial charge in [0, 0.05) is 28.7 Å². The van der Waals surface area contributed by atoms with Crippen molar-refractivity contribution in [1.82, 2.24) is 4.90 Å². The number of halogens is 2. The predicted molar refractivity (Wildman–Crippen MR) is 80.7 cm³/mol. The van der Waals surface area contributed by atoms with Crippen molar-refractivity contribution in [3.63, 3.8) is 0 Å². The van der Waals surface area contributed by atoms with Crippen molar-refractivity contribution in [3.05, 3.63) is 34.1 Å². The molecule has 1 aliphatic rings. The largest absolute Gasteiger partial charge is 0.329 e. The highest BCUT2D eigenvalue weighted by Crippen LogP contribution is 2.29. The van der Waals surface area contributed by atoms with E-state index < -0.39 is 9.84 Å². The van der Waals surface area contributed by atoms with Crippen LogP contribution in [0, 0.1) is 5.82 Å². The van der Waals surface area contributed by atoms with Crippen LogP contribution in [0.3, 0.4) is 0 Å². The molecule has 7 heteroatoms. The Hall–Kier alpha value is -0.500. The van der Waals surface area contributed by atoms with Crippen molar-refractivity contribution in [3.8, 4) is 0 Å². The molecule has 1 fully saturated rings. The van der Waals surface area contributed by atoms with Crippen molar-refractivity contribution >= 4 is 25.8 Å². The molecule has 1 aromatic rings. The SMILES string of the molecule is CN(C1CCS(=O)(=O)C1)C(CN)c1cc(Br)ccc1F. The second-order valence-corrected chi connectivity index (χ2v) is 8.28. The molecule has 2 rings (SSSR count). The summed E-state index contributed by atoms with van der Waals surface area (Å²) in [7, 11) is -1.16. The van der Waals surface area contributed by atoms with E-state index in [9.17, 15) is 12.8 Å². The third kappa shape index (κ3) is 3.39. The smallest absolute Gasteiger partial charge is 0.151 e. The van der Waals surface area contributed by atoms with Gasteiger partial charge >= 0.3 is 0 Å². The second-order valence-electron chi connectivity index (χ2n) is 5.14.